The van der Waals surface area contributed by atoms with E-state index in [1.165, 1.54) is 22.3 Å². The van der Waals surface area contributed by atoms with Gasteiger partial charge in [-0.25, -0.2) is 0 Å². The van der Waals surface area contributed by atoms with Crippen LogP contribution in [-0.4, -0.2) is 30.0 Å². The van der Waals surface area contributed by atoms with Gasteiger partial charge in [-0.1, -0.05) is 42.0 Å². The van der Waals surface area contributed by atoms with Gasteiger partial charge in [-0.05, 0) is 43.9 Å². The number of nitrogens with one attached hydrogen (secondary N) is 1. The number of aryl methyl sites for hydroxylation is 2. The van der Waals surface area contributed by atoms with E-state index in [2.05, 4.69) is 66.5 Å². The molecule has 0 aromatic heterocycles. The summed E-state index contributed by atoms with van der Waals surface area (Å²) in [5.74, 6) is 1.11. The number of hydrogen-bond donors (Lipinski definition) is 1. The normalized spacial score (nSPS) is 21.7. The van der Waals surface area contributed by atoms with Gasteiger partial charge in [0.25, 0.3) is 0 Å². The highest BCUT2D eigenvalue weighted by Crippen LogP contribution is 2.31. The maximum absolute atomic E-state index is 12.5. The molecule has 0 unspecified atom stereocenters. The maximum atomic E-state index is 12.5. The van der Waals surface area contributed by atoms with Crippen LogP contribution < -0.4 is 10.1 Å². The predicted octanol–water partition coefficient (Wildman–Crippen LogP) is 3.77. The van der Waals surface area contributed by atoms with Crippen molar-refractivity contribution in [1.29, 1.82) is 0 Å². The molecule has 0 spiro atoms. The Morgan fingerprint density at radius 2 is 2.07 bits per heavy atom. The topological polar surface area (TPSA) is 41.6 Å². The van der Waals surface area contributed by atoms with Crippen LogP contribution in [0.5, 0.6) is 5.75 Å². The summed E-state index contributed by atoms with van der Waals surface area (Å²) in [6, 6.07) is 15.0. The first-order valence-electron chi connectivity index (χ1n) is 9.94. The van der Waals surface area contributed by atoms with Crippen molar-refractivity contribution in [3.05, 3.63) is 64.7 Å². The van der Waals surface area contributed by atoms with Gasteiger partial charge in [-0.15, -0.1) is 0 Å². The van der Waals surface area contributed by atoms with E-state index >= 15 is 0 Å². The van der Waals surface area contributed by atoms with Gasteiger partial charge in [-0.3, -0.25) is 9.69 Å². The first-order valence-corrected chi connectivity index (χ1v) is 9.94. The quantitative estimate of drug-likeness (QED) is 0.898. The molecule has 1 aliphatic heterocycles. The lowest BCUT2D eigenvalue weighted by atomic mass is 10.1. The van der Waals surface area contributed by atoms with E-state index in [9.17, 15) is 4.79 Å². The number of fused-ring (bicyclic) bond motifs is 2. The number of benzene rings is 2. The molecule has 0 fully saturated rings. The summed E-state index contributed by atoms with van der Waals surface area (Å²) in [4.78, 5) is 14.9. The lowest BCUT2D eigenvalue weighted by Crippen LogP contribution is -2.35. The van der Waals surface area contributed by atoms with Crippen molar-refractivity contribution >= 4 is 5.91 Å². The summed E-state index contributed by atoms with van der Waals surface area (Å²) in [7, 11) is 0. The van der Waals surface area contributed by atoms with E-state index in [-0.39, 0.29) is 18.1 Å². The molecular formula is C23H28N2O2. The summed E-state index contributed by atoms with van der Waals surface area (Å²) in [6.45, 7) is 6.62. The third kappa shape index (κ3) is 4.16. The smallest absolute Gasteiger partial charge is 0.221 e. The van der Waals surface area contributed by atoms with E-state index in [0.29, 0.717) is 6.42 Å². The van der Waals surface area contributed by atoms with Gasteiger partial charge in [0.15, 0.2) is 0 Å². The highest BCUT2D eigenvalue weighted by Gasteiger charge is 2.24. The number of amides is 1. The molecular weight excluding hydrogens is 336 g/mol. The second kappa shape index (κ2) is 7.73. The summed E-state index contributed by atoms with van der Waals surface area (Å²) in [5, 5.41) is 3.23. The fraction of sp³-hybridized carbons (Fsp3) is 0.435. The number of rotatable bonds is 4. The number of carbonyl (C=O) groups is 1. The van der Waals surface area contributed by atoms with Crippen molar-refractivity contribution in [2.24, 2.45) is 0 Å². The number of carbonyl (C=O) groups excluding carboxylic acids is 1. The molecule has 1 heterocycles. The van der Waals surface area contributed by atoms with Crippen molar-refractivity contribution in [2.75, 3.05) is 13.1 Å². The Bertz CT molecular complexity index is 833. The van der Waals surface area contributed by atoms with Crippen molar-refractivity contribution in [3.63, 3.8) is 0 Å². The zero-order valence-electron chi connectivity index (χ0n) is 16.2. The zero-order valence-corrected chi connectivity index (χ0v) is 16.2. The highest BCUT2D eigenvalue weighted by atomic mass is 16.5. The minimum atomic E-state index is 0.124. The molecule has 0 bridgehead atoms. The average molecular weight is 364 g/mol. The van der Waals surface area contributed by atoms with E-state index in [0.717, 1.165) is 38.2 Å². The molecule has 4 heteroatoms. The first-order chi connectivity index (χ1) is 13.1. The van der Waals surface area contributed by atoms with Crippen LogP contribution in [0.4, 0.5) is 0 Å². The van der Waals surface area contributed by atoms with Crippen LogP contribution in [0.1, 0.15) is 48.1 Å². The first kappa shape index (κ1) is 18.1. The second-order valence-corrected chi connectivity index (χ2v) is 7.88. The van der Waals surface area contributed by atoms with Crippen LogP contribution in [0.25, 0.3) is 0 Å². The van der Waals surface area contributed by atoms with Gasteiger partial charge in [0.05, 0.1) is 6.04 Å². The Balaban J connectivity index is 1.35. The van der Waals surface area contributed by atoms with Crippen LogP contribution in [0.15, 0.2) is 42.5 Å². The molecule has 0 radical (unpaired) electrons. The number of nitrogens with zero attached hydrogens (tertiary/aromatic N) is 1. The average Bonchev–Trinajstić information content (AvgIpc) is 2.97. The highest BCUT2D eigenvalue weighted by molar-refractivity contribution is 5.76. The van der Waals surface area contributed by atoms with Crippen molar-refractivity contribution in [3.8, 4) is 5.75 Å². The molecule has 142 valence electrons. The van der Waals surface area contributed by atoms with E-state index in [1.54, 1.807) is 0 Å². The summed E-state index contributed by atoms with van der Waals surface area (Å²) >= 11 is 0. The van der Waals surface area contributed by atoms with E-state index in [4.69, 9.17) is 4.74 Å². The van der Waals surface area contributed by atoms with Gasteiger partial charge in [0.1, 0.15) is 11.9 Å². The molecule has 2 aromatic carbocycles. The lowest BCUT2D eigenvalue weighted by molar-refractivity contribution is -0.122. The molecule has 2 aliphatic rings. The molecule has 1 aliphatic carbocycles. The van der Waals surface area contributed by atoms with Crippen LogP contribution in [0.3, 0.4) is 0 Å². The largest absolute Gasteiger partial charge is 0.489 e. The zero-order chi connectivity index (χ0) is 18.8. The monoisotopic (exact) mass is 364 g/mol. The van der Waals surface area contributed by atoms with Gasteiger partial charge in [0, 0.05) is 31.6 Å². The molecule has 1 amide bonds. The molecule has 1 N–H and O–H groups in total. The fourth-order valence-corrected chi connectivity index (χ4v) is 4.27. The van der Waals surface area contributed by atoms with E-state index in [1.807, 2.05) is 0 Å². The van der Waals surface area contributed by atoms with Gasteiger partial charge < -0.3 is 10.1 Å². The Morgan fingerprint density at radius 3 is 2.96 bits per heavy atom. The van der Waals surface area contributed by atoms with E-state index < -0.39 is 0 Å². The SMILES string of the molecule is Cc1ccc2c(c1)CN(CCC(=O)N[C@@H]1CCc3ccccc31)C[C@@H](C)O2. The maximum Gasteiger partial charge on any atom is 0.221 e. The van der Waals surface area contributed by atoms with Crippen LogP contribution in [-0.2, 0) is 17.8 Å². The Hall–Kier alpha value is -2.33. The van der Waals surface area contributed by atoms with Gasteiger partial charge in [0.2, 0.25) is 5.91 Å². The molecule has 0 saturated carbocycles. The molecule has 2 atom stereocenters. The van der Waals surface area contributed by atoms with Crippen molar-refractivity contribution in [2.45, 2.75) is 51.8 Å². The van der Waals surface area contributed by atoms with Crippen LogP contribution in [0, 0.1) is 6.92 Å². The molecule has 0 saturated heterocycles. The second-order valence-electron chi connectivity index (χ2n) is 7.88. The minimum absolute atomic E-state index is 0.124. The standard InChI is InChI=1S/C23H28N2O2/c1-16-7-10-22-19(13-16)15-25(14-17(2)27-22)12-11-23(26)24-21-9-8-18-5-3-4-6-20(18)21/h3-7,10,13,17,21H,8-9,11-12,14-15H2,1-2H3,(H,24,26)/t17-,21-/m1/s1. The Labute approximate surface area is 161 Å². The van der Waals surface area contributed by atoms with Crippen LogP contribution >= 0.6 is 0 Å². The molecule has 27 heavy (non-hydrogen) atoms. The Morgan fingerprint density at radius 1 is 1.22 bits per heavy atom. The predicted molar refractivity (Wildman–Crippen MR) is 107 cm³/mol. The third-order valence-corrected chi connectivity index (χ3v) is 5.58. The number of ether oxygens (including phenoxy) is 1. The molecule has 4 nitrogen and oxygen atoms in total. The molecule has 4 rings (SSSR count). The summed E-state index contributed by atoms with van der Waals surface area (Å²) < 4.78 is 6.05. The third-order valence-electron chi connectivity index (χ3n) is 5.58. The van der Waals surface area contributed by atoms with Gasteiger partial charge in [-0.2, -0.15) is 0 Å². The lowest BCUT2D eigenvalue weighted by Gasteiger charge is -2.22. The van der Waals surface area contributed by atoms with Crippen molar-refractivity contribution in [1.82, 2.24) is 10.2 Å². The molecule has 2 aromatic rings. The van der Waals surface area contributed by atoms with Crippen molar-refractivity contribution < 1.29 is 9.53 Å². The number of hydrogen-bond acceptors (Lipinski definition) is 3. The van der Waals surface area contributed by atoms with Gasteiger partial charge >= 0.3 is 0 Å². The Kier molecular flexibility index (Phi) is 5.17. The summed E-state index contributed by atoms with van der Waals surface area (Å²) in [6.07, 6.45) is 2.70. The fourth-order valence-electron chi connectivity index (χ4n) is 4.27. The summed E-state index contributed by atoms with van der Waals surface area (Å²) in [5.41, 5.74) is 5.11. The van der Waals surface area contributed by atoms with Crippen LogP contribution in [0.2, 0.25) is 0 Å². The minimum Gasteiger partial charge on any atom is -0.489 e.